The standard InChI is InChI=1S/C14H16N2S/c1-9-10(2)17-14(15-9)8-12-7-11-5-3-4-6-13(11)16-12/h3-6,12,16H,7-8H2,1-2H3. The van der Waals surface area contributed by atoms with Crippen LogP contribution in [0.5, 0.6) is 0 Å². The van der Waals surface area contributed by atoms with E-state index < -0.39 is 0 Å². The second-order valence-corrected chi connectivity index (χ2v) is 5.94. The maximum absolute atomic E-state index is 4.62. The largest absolute Gasteiger partial charge is 0.381 e. The Morgan fingerprint density at radius 1 is 1.35 bits per heavy atom. The van der Waals surface area contributed by atoms with Crippen molar-refractivity contribution in [3.8, 4) is 0 Å². The maximum atomic E-state index is 4.62. The van der Waals surface area contributed by atoms with E-state index in [9.17, 15) is 0 Å². The molecule has 3 rings (SSSR count). The van der Waals surface area contributed by atoms with Gasteiger partial charge in [0.1, 0.15) is 0 Å². The summed E-state index contributed by atoms with van der Waals surface area (Å²) in [6.07, 6.45) is 2.15. The lowest BCUT2D eigenvalue weighted by Gasteiger charge is -2.08. The van der Waals surface area contributed by atoms with Crippen LogP contribution in [0.3, 0.4) is 0 Å². The van der Waals surface area contributed by atoms with Crippen molar-refractivity contribution in [1.29, 1.82) is 0 Å². The van der Waals surface area contributed by atoms with Gasteiger partial charge in [-0.25, -0.2) is 4.98 Å². The van der Waals surface area contributed by atoms with E-state index in [0.29, 0.717) is 6.04 Å². The summed E-state index contributed by atoms with van der Waals surface area (Å²) in [6.45, 7) is 4.24. The highest BCUT2D eigenvalue weighted by Crippen LogP contribution is 2.28. The number of hydrogen-bond donors (Lipinski definition) is 1. The number of hydrogen-bond acceptors (Lipinski definition) is 3. The van der Waals surface area contributed by atoms with Crippen LogP contribution in [0.15, 0.2) is 24.3 Å². The number of nitrogens with zero attached hydrogens (tertiary/aromatic N) is 1. The number of aryl methyl sites for hydroxylation is 2. The SMILES string of the molecule is Cc1nc(CC2Cc3ccccc3N2)sc1C. The molecule has 1 aromatic heterocycles. The van der Waals surface area contributed by atoms with Gasteiger partial charge in [0.25, 0.3) is 0 Å². The van der Waals surface area contributed by atoms with Crippen molar-refractivity contribution in [3.05, 3.63) is 45.4 Å². The number of benzene rings is 1. The van der Waals surface area contributed by atoms with Gasteiger partial charge in [-0.05, 0) is 31.9 Å². The lowest BCUT2D eigenvalue weighted by molar-refractivity contribution is 0.741. The molecule has 2 heterocycles. The quantitative estimate of drug-likeness (QED) is 0.876. The Bertz CT molecular complexity index is 500. The van der Waals surface area contributed by atoms with E-state index in [1.54, 1.807) is 0 Å². The molecule has 2 aromatic rings. The fourth-order valence-electron chi connectivity index (χ4n) is 2.34. The normalized spacial score (nSPS) is 17.9. The first-order valence-electron chi connectivity index (χ1n) is 6.00. The number of para-hydroxylation sites is 1. The van der Waals surface area contributed by atoms with Gasteiger partial charge >= 0.3 is 0 Å². The zero-order valence-electron chi connectivity index (χ0n) is 10.2. The van der Waals surface area contributed by atoms with E-state index in [4.69, 9.17) is 0 Å². The first-order valence-corrected chi connectivity index (χ1v) is 6.81. The Kier molecular flexibility index (Phi) is 2.63. The predicted octanol–water partition coefficient (Wildman–Crippen LogP) is 3.34. The van der Waals surface area contributed by atoms with Gasteiger partial charge in [-0.1, -0.05) is 18.2 Å². The minimum absolute atomic E-state index is 0.511. The fourth-order valence-corrected chi connectivity index (χ4v) is 3.35. The summed E-state index contributed by atoms with van der Waals surface area (Å²) in [5.74, 6) is 0. The van der Waals surface area contributed by atoms with Crippen molar-refractivity contribution in [2.24, 2.45) is 0 Å². The zero-order chi connectivity index (χ0) is 11.8. The fraction of sp³-hybridized carbons (Fsp3) is 0.357. The van der Waals surface area contributed by atoms with Crippen LogP contribution in [-0.2, 0) is 12.8 Å². The highest BCUT2D eigenvalue weighted by Gasteiger charge is 2.21. The Balaban J connectivity index is 1.73. The molecule has 2 nitrogen and oxygen atoms in total. The molecule has 0 saturated heterocycles. The molecular formula is C14H16N2S. The molecule has 0 fully saturated rings. The highest BCUT2D eigenvalue weighted by molar-refractivity contribution is 7.11. The number of fused-ring (bicyclic) bond motifs is 1. The molecule has 17 heavy (non-hydrogen) atoms. The van der Waals surface area contributed by atoms with Gasteiger partial charge in [0.05, 0.1) is 10.7 Å². The third-order valence-corrected chi connectivity index (χ3v) is 4.43. The summed E-state index contributed by atoms with van der Waals surface area (Å²) in [5, 5.41) is 4.83. The second-order valence-electron chi connectivity index (χ2n) is 4.66. The third-order valence-electron chi connectivity index (χ3n) is 3.34. The number of nitrogens with one attached hydrogen (secondary N) is 1. The molecule has 0 aliphatic carbocycles. The van der Waals surface area contributed by atoms with Crippen LogP contribution >= 0.6 is 11.3 Å². The first kappa shape index (κ1) is 10.8. The molecule has 1 aliphatic rings. The minimum Gasteiger partial charge on any atom is -0.381 e. The Hall–Kier alpha value is -1.35. The number of rotatable bonds is 2. The van der Waals surface area contributed by atoms with Crippen molar-refractivity contribution >= 4 is 17.0 Å². The van der Waals surface area contributed by atoms with Crippen molar-refractivity contribution in [2.75, 3.05) is 5.32 Å². The summed E-state index contributed by atoms with van der Waals surface area (Å²) in [5.41, 5.74) is 3.91. The summed E-state index contributed by atoms with van der Waals surface area (Å²) >= 11 is 1.83. The van der Waals surface area contributed by atoms with Gasteiger partial charge in [0.15, 0.2) is 0 Å². The van der Waals surface area contributed by atoms with Gasteiger partial charge in [-0.3, -0.25) is 0 Å². The third kappa shape index (κ3) is 2.07. The van der Waals surface area contributed by atoms with Crippen LogP contribution in [0.2, 0.25) is 0 Å². The Labute approximate surface area is 106 Å². The molecule has 0 spiro atoms. The van der Waals surface area contributed by atoms with Gasteiger partial charge in [0, 0.05) is 23.0 Å². The summed E-state index contributed by atoms with van der Waals surface area (Å²) in [6, 6.07) is 9.08. The van der Waals surface area contributed by atoms with Crippen LogP contribution in [0.25, 0.3) is 0 Å². The summed E-state index contributed by atoms with van der Waals surface area (Å²) in [4.78, 5) is 5.96. The van der Waals surface area contributed by atoms with E-state index >= 15 is 0 Å². The average Bonchev–Trinajstić information content (AvgIpc) is 2.83. The lowest BCUT2D eigenvalue weighted by Crippen LogP contribution is -2.18. The molecule has 88 valence electrons. The van der Waals surface area contributed by atoms with E-state index in [1.807, 2.05) is 11.3 Å². The van der Waals surface area contributed by atoms with E-state index in [-0.39, 0.29) is 0 Å². The van der Waals surface area contributed by atoms with Gasteiger partial charge < -0.3 is 5.32 Å². The number of anilines is 1. The molecule has 0 saturated carbocycles. The zero-order valence-corrected chi connectivity index (χ0v) is 11.0. The number of aromatic nitrogens is 1. The molecule has 0 amide bonds. The molecule has 1 aromatic carbocycles. The van der Waals surface area contributed by atoms with Crippen LogP contribution in [-0.4, -0.2) is 11.0 Å². The second kappa shape index (κ2) is 4.15. The van der Waals surface area contributed by atoms with Crippen molar-refractivity contribution in [3.63, 3.8) is 0 Å². The molecular weight excluding hydrogens is 228 g/mol. The minimum atomic E-state index is 0.511. The Morgan fingerprint density at radius 2 is 2.18 bits per heavy atom. The first-order chi connectivity index (χ1) is 8.22. The molecule has 3 heteroatoms. The average molecular weight is 244 g/mol. The van der Waals surface area contributed by atoms with Crippen LogP contribution < -0.4 is 5.32 Å². The number of thiazole rings is 1. The van der Waals surface area contributed by atoms with Crippen molar-refractivity contribution in [1.82, 2.24) is 4.98 Å². The molecule has 1 aliphatic heterocycles. The maximum Gasteiger partial charge on any atom is 0.0951 e. The smallest absolute Gasteiger partial charge is 0.0951 e. The van der Waals surface area contributed by atoms with Crippen molar-refractivity contribution < 1.29 is 0 Å². The van der Waals surface area contributed by atoms with E-state index in [0.717, 1.165) is 12.8 Å². The van der Waals surface area contributed by atoms with E-state index in [2.05, 4.69) is 48.4 Å². The molecule has 1 unspecified atom stereocenters. The summed E-state index contributed by atoms with van der Waals surface area (Å²) in [7, 11) is 0. The molecule has 1 N–H and O–H groups in total. The van der Waals surface area contributed by atoms with E-state index in [1.165, 1.54) is 26.8 Å². The van der Waals surface area contributed by atoms with Crippen molar-refractivity contribution in [2.45, 2.75) is 32.7 Å². The molecule has 1 atom stereocenters. The van der Waals surface area contributed by atoms with Crippen LogP contribution in [0.1, 0.15) is 21.1 Å². The van der Waals surface area contributed by atoms with Gasteiger partial charge in [0.2, 0.25) is 0 Å². The monoisotopic (exact) mass is 244 g/mol. The topological polar surface area (TPSA) is 24.9 Å². The molecule has 0 radical (unpaired) electrons. The van der Waals surface area contributed by atoms with Gasteiger partial charge in [-0.2, -0.15) is 0 Å². The highest BCUT2D eigenvalue weighted by atomic mass is 32.1. The van der Waals surface area contributed by atoms with Crippen LogP contribution in [0.4, 0.5) is 5.69 Å². The Morgan fingerprint density at radius 3 is 2.88 bits per heavy atom. The van der Waals surface area contributed by atoms with Crippen LogP contribution in [0, 0.1) is 13.8 Å². The lowest BCUT2D eigenvalue weighted by atomic mass is 10.1. The molecule has 0 bridgehead atoms. The summed E-state index contributed by atoms with van der Waals surface area (Å²) < 4.78 is 0. The predicted molar refractivity (Wildman–Crippen MR) is 72.8 cm³/mol. The van der Waals surface area contributed by atoms with Gasteiger partial charge in [-0.15, -0.1) is 11.3 Å².